The molecule has 20 heteroatoms. The van der Waals surface area contributed by atoms with E-state index in [1.54, 1.807) is 19.4 Å². The minimum Gasteiger partial charge on any atom is -0.478 e. The number of nitrogen functional groups attached to an aromatic ring is 2. The Morgan fingerprint density at radius 2 is 2.06 bits per heavy atom. The number of carboxylic acid groups (broad SMARTS) is 2. The van der Waals surface area contributed by atoms with Crippen LogP contribution in [0.4, 0.5) is 10.9 Å². The molecular weight excluding hydrogens is 690 g/mol. The number of anilines is 2. The SMILES string of the molecule is COC[C@@H](N)CCn1c(N)cc2c1ccc[n+]2CC1=C(C(=O)O)N2C(=O)[C@@H](NC(=O)/C(=N\O[C@@H](C)C(=O)O)c3nc(N)sc3Cl)C2SC1. The lowest BCUT2D eigenvalue weighted by atomic mass is 10.0. The summed E-state index contributed by atoms with van der Waals surface area (Å²) in [5, 5.41) is 24.9. The lowest BCUT2D eigenvalue weighted by molar-refractivity contribution is -0.663. The molecule has 2 aliphatic rings. The predicted octanol–water partition coefficient (Wildman–Crippen LogP) is 0.200. The Kier molecular flexibility index (Phi) is 10.4. The summed E-state index contributed by atoms with van der Waals surface area (Å²) in [6.45, 7) is 2.32. The number of amides is 2. The summed E-state index contributed by atoms with van der Waals surface area (Å²) >= 11 is 8.31. The first-order valence-electron chi connectivity index (χ1n) is 14.4. The normalized spacial score (nSPS) is 19.1. The zero-order valence-electron chi connectivity index (χ0n) is 25.7. The van der Waals surface area contributed by atoms with Crippen LogP contribution in [0.25, 0.3) is 11.0 Å². The summed E-state index contributed by atoms with van der Waals surface area (Å²) in [4.78, 5) is 60.6. The molecule has 3 aromatic heterocycles. The van der Waals surface area contributed by atoms with Crippen LogP contribution in [0.15, 0.2) is 40.8 Å². The number of aromatic nitrogens is 3. The average Bonchev–Trinajstić information content (AvgIpc) is 3.55. The molecule has 2 aliphatic heterocycles. The molecular formula is C28H33ClN9O8S2+. The smallest absolute Gasteiger partial charge is 0.352 e. The van der Waals surface area contributed by atoms with E-state index in [2.05, 4.69) is 15.5 Å². The summed E-state index contributed by atoms with van der Waals surface area (Å²) in [6.07, 6.45) is 1.01. The van der Waals surface area contributed by atoms with E-state index in [0.29, 0.717) is 31.0 Å². The van der Waals surface area contributed by atoms with Gasteiger partial charge in [-0.05, 0) is 19.4 Å². The number of carbonyl (C=O) groups excluding carboxylic acids is 2. The fraction of sp³-hybridized carbons (Fsp3) is 0.393. The highest BCUT2D eigenvalue weighted by molar-refractivity contribution is 8.00. The Morgan fingerprint density at radius 1 is 1.31 bits per heavy atom. The highest BCUT2D eigenvalue weighted by Gasteiger charge is 2.55. The van der Waals surface area contributed by atoms with Gasteiger partial charge < -0.3 is 46.9 Å². The van der Waals surface area contributed by atoms with Gasteiger partial charge in [0.25, 0.3) is 11.8 Å². The number of halogens is 1. The lowest BCUT2D eigenvalue weighted by Gasteiger charge is -2.49. The lowest BCUT2D eigenvalue weighted by Crippen LogP contribution is -2.71. The van der Waals surface area contributed by atoms with Gasteiger partial charge in [0.2, 0.25) is 11.6 Å². The molecule has 5 rings (SSSR count). The number of hydrogen-bond donors (Lipinski definition) is 6. The van der Waals surface area contributed by atoms with Gasteiger partial charge in [0.1, 0.15) is 38.5 Å². The minimum atomic E-state index is -1.42. The molecule has 48 heavy (non-hydrogen) atoms. The van der Waals surface area contributed by atoms with Crippen LogP contribution in [0.2, 0.25) is 4.34 Å². The number of ether oxygens (including phenoxy) is 1. The summed E-state index contributed by atoms with van der Waals surface area (Å²) in [7, 11) is 1.59. The van der Waals surface area contributed by atoms with Gasteiger partial charge in [-0.25, -0.2) is 14.6 Å². The number of thioether (sulfide) groups is 1. The molecule has 1 saturated heterocycles. The van der Waals surface area contributed by atoms with Gasteiger partial charge in [-0.2, -0.15) is 4.57 Å². The molecule has 3 aromatic rings. The second kappa shape index (κ2) is 14.4. The number of methoxy groups -OCH3 is 1. The van der Waals surface area contributed by atoms with Crippen molar-refractivity contribution in [2.75, 3.05) is 30.9 Å². The quantitative estimate of drug-likeness (QED) is 0.0563. The van der Waals surface area contributed by atoms with Gasteiger partial charge in [-0.15, -0.1) is 11.8 Å². The number of carbonyl (C=O) groups is 4. The van der Waals surface area contributed by atoms with Gasteiger partial charge in [0.15, 0.2) is 23.6 Å². The molecule has 1 fully saturated rings. The predicted molar refractivity (Wildman–Crippen MR) is 177 cm³/mol. The fourth-order valence-electron chi connectivity index (χ4n) is 5.33. The summed E-state index contributed by atoms with van der Waals surface area (Å²) in [5.41, 5.74) is 19.4. The average molecular weight is 723 g/mol. The first kappa shape index (κ1) is 34.9. The van der Waals surface area contributed by atoms with E-state index in [1.807, 2.05) is 21.3 Å². The number of pyridine rings is 1. The molecule has 0 spiro atoms. The van der Waals surface area contributed by atoms with Crippen molar-refractivity contribution in [3.63, 3.8) is 0 Å². The van der Waals surface area contributed by atoms with Crippen LogP contribution < -0.4 is 27.1 Å². The molecule has 4 atom stereocenters. The number of nitrogens with zero attached hydrogens (tertiary/aromatic N) is 5. The zero-order valence-corrected chi connectivity index (χ0v) is 28.0. The number of carboxylic acids is 2. The van der Waals surface area contributed by atoms with Crippen molar-refractivity contribution in [2.45, 2.75) is 50.0 Å². The van der Waals surface area contributed by atoms with Crippen LogP contribution in [0.3, 0.4) is 0 Å². The van der Waals surface area contributed by atoms with E-state index in [9.17, 15) is 24.3 Å². The Labute approximate surface area is 286 Å². The van der Waals surface area contributed by atoms with Gasteiger partial charge in [0.05, 0.1) is 12.7 Å². The van der Waals surface area contributed by atoms with Crippen molar-refractivity contribution < 1.29 is 43.5 Å². The molecule has 0 bridgehead atoms. The van der Waals surface area contributed by atoms with Gasteiger partial charge in [-0.3, -0.25) is 14.5 Å². The van der Waals surface area contributed by atoms with Crippen molar-refractivity contribution in [2.24, 2.45) is 10.9 Å². The number of hydrogen-bond acceptors (Lipinski definition) is 13. The van der Waals surface area contributed by atoms with E-state index >= 15 is 0 Å². The number of fused-ring (bicyclic) bond motifs is 2. The van der Waals surface area contributed by atoms with Crippen LogP contribution in [0.1, 0.15) is 19.0 Å². The molecule has 0 saturated carbocycles. The summed E-state index contributed by atoms with van der Waals surface area (Å²) in [5.74, 6) is -3.49. The first-order chi connectivity index (χ1) is 22.8. The van der Waals surface area contributed by atoms with Gasteiger partial charge >= 0.3 is 11.9 Å². The first-order valence-corrected chi connectivity index (χ1v) is 16.7. The maximum Gasteiger partial charge on any atom is 0.352 e. The maximum absolute atomic E-state index is 13.4. The minimum absolute atomic E-state index is 0.0124. The number of thiazole rings is 1. The Bertz CT molecular complexity index is 1840. The number of rotatable bonds is 14. The molecule has 256 valence electrons. The van der Waals surface area contributed by atoms with Crippen LogP contribution in [-0.4, -0.2) is 97.2 Å². The third-order valence-corrected chi connectivity index (χ3v) is 10.1. The number of nitrogens with one attached hydrogen (secondary N) is 1. The van der Waals surface area contributed by atoms with Crippen molar-refractivity contribution in [1.82, 2.24) is 19.8 Å². The molecule has 0 aromatic carbocycles. The number of oxime groups is 1. The van der Waals surface area contributed by atoms with E-state index in [0.717, 1.165) is 27.3 Å². The summed E-state index contributed by atoms with van der Waals surface area (Å²) in [6, 6.07) is 4.24. The number of nitrogens with two attached hydrogens (primary N) is 3. The number of aliphatic carboxylic acids is 2. The van der Waals surface area contributed by atoms with E-state index in [-0.39, 0.29) is 39.2 Å². The highest BCUT2D eigenvalue weighted by Crippen LogP contribution is 2.40. The molecule has 0 aliphatic carbocycles. The molecule has 1 unspecified atom stereocenters. The van der Waals surface area contributed by atoms with Crippen molar-refractivity contribution in [1.29, 1.82) is 0 Å². The zero-order chi connectivity index (χ0) is 34.9. The van der Waals surface area contributed by atoms with Crippen molar-refractivity contribution >= 4 is 86.1 Å². The molecule has 17 nitrogen and oxygen atoms in total. The third-order valence-electron chi connectivity index (χ3n) is 7.67. The standard InChI is InChI=1S/C28H32ClN9O8S2/c1-12(26(41)42)46-35-19(18-22(29)48-28(32)34-18)23(39)33-20-24(40)38-21(27(43)44)13(11-47-25(20)38)9-36-6-3-4-15-16(36)8-17(31)37(15)7-5-14(30)10-45-2/h3-4,6,8,12,14,20,25,31H,5,7,9-11,30H2,1-2H3,(H5,32,33,34,39,41,42,43,44)/p+1/b35-19-/t12-,14-,20+,25?/m0/s1. The van der Waals surface area contributed by atoms with Crippen molar-refractivity contribution in [3.8, 4) is 0 Å². The molecule has 5 heterocycles. The Hall–Kier alpha value is -4.43. The van der Waals surface area contributed by atoms with Crippen LogP contribution >= 0.6 is 34.7 Å². The highest BCUT2D eigenvalue weighted by atomic mass is 35.5. The number of aryl methyl sites for hydroxylation is 1. The van der Waals surface area contributed by atoms with Gasteiger partial charge in [0, 0.05) is 37.1 Å². The molecule has 2 amide bonds. The third kappa shape index (κ3) is 6.90. The van der Waals surface area contributed by atoms with E-state index in [4.69, 9.17) is 43.5 Å². The van der Waals surface area contributed by atoms with Crippen LogP contribution in [0, 0.1) is 0 Å². The maximum atomic E-state index is 13.4. The second-order valence-corrected chi connectivity index (χ2v) is 13.7. The molecule has 9 N–H and O–H groups in total. The Morgan fingerprint density at radius 3 is 2.71 bits per heavy atom. The van der Waals surface area contributed by atoms with Crippen molar-refractivity contribution in [3.05, 3.63) is 45.7 Å². The van der Waals surface area contributed by atoms with E-state index < -0.39 is 47.0 Å². The Balaban J connectivity index is 1.37. The van der Waals surface area contributed by atoms with Gasteiger partial charge in [-0.1, -0.05) is 28.1 Å². The van der Waals surface area contributed by atoms with E-state index in [1.165, 1.54) is 18.7 Å². The van der Waals surface area contributed by atoms with Crippen LogP contribution in [-0.2, 0) is 41.8 Å². The second-order valence-electron chi connectivity index (χ2n) is 10.9. The number of β-lactam (4-membered cyclic amide) rings is 1. The topological polar surface area (TPSA) is 255 Å². The fourth-order valence-corrected chi connectivity index (χ4v) is 7.59. The summed E-state index contributed by atoms with van der Waals surface area (Å²) < 4.78 is 8.91. The largest absolute Gasteiger partial charge is 0.478 e. The molecule has 0 radical (unpaired) electrons. The monoisotopic (exact) mass is 722 g/mol. The van der Waals surface area contributed by atoms with Crippen LogP contribution in [0.5, 0.6) is 0 Å².